The van der Waals surface area contributed by atoms with Gasteiger partial charge in [0.05, 0.1) is 13.2 Å². The Bertz CT molecular complexity index is 347. The molecule has 2 saturated carbocycles. The van der Waals surface area contributed by atoms with Crippen LogP contribution in [-0.4, -0.2) is 47.8 Å². The van der Waals surface area contributed by atoms with Crippen molar-refractivity contribution in [1.82, 2.24) is 4.90 Å². The molecule has 3 aliphatic rings. The fourth-order valence-corrected chi connectivity index (χ4v) is 5.39. The molecule has 3 rings (SSSR count). The summed E-state index contributed by atoms with van der Waals surface area (Å²) in [5.41, 5.74) is -0.496. The minimum Gasteiger partial charge on any atom is -0.379 e. The van der Waals surface area contributed by atoms with E-state index in [9.17, 15) is 5.11 Å². The highest BCUT2D eigenvalue weighted by Crippen LogP contribution is 2.70. The van der Waals surface area contributed by atoms with Crippen molar-refractivity contribution in [2.24, 2.45) is 16.7 Å². The van der Waals surface area contributed by atoms with Crippen LogP contribution in [0.25, 0.3) is 0 Å². The van der Waals surface area contributed by atoms with Crippen LogP contribution in [0.2, 0.25) is 0 Å². The van der Waals surface area contributed by atoms with Crippen LogP contribution in [0.1, 0.15) is 33.1 Å². The monoisotopic (exact) mass is 271 g/mol. The van der Waals surface area contributed by atoms with Crippen LogP contribution in [-0.2, 0) is 4.74 Å². The highest BCUT2D eigenvalue weighted by atomic mass is 32.1. The topological polar surface area (TPSA) is 32.7 Å². The molecule has 2 bridgehead atoms. The van der Waals surface area contributed by atoms with Gasteiger partial charge >= 0.3 is 0 Å². The number of fused-ring (bicyclic) bond motifs is 2. The van der Waals surface area contributed by atoms with E-state index in [1.807, 2.05) is 0 Å². The summed E-state index contributed by atoms with van der Waals surface area (Å²) in [6, 6.07) is 0. The van der Waals surface area contributed by atoms with Crippen molar-refractivity contribution < 1.29 is 9.84 Å². The molecule has 0 aromatic rings. The number of rotatable bonds is 2. The standard InChI is InChI=1S/C14H25NO2S/c1-12(10-18)11-3-4-13(12,2)14(16,9-11)15-5-7-17-8-6-15/h11,16,18H,3-10H2,1-2H3/t11-,12?,13-,14-/m1/s1. The zero-order valence-corrected chi connectivity index (χ0v) is 12.4. The van der Waals surface area contributed by atoms with Gasteiger partial charge in [-0.2, -0.15) is 12.6 Å². The highest BCUT2D eigenvalue weighted by Gasteiger charge is 2.71. The molecule has 18 heavy (non-hydrogen) atoms. The van der Waals surface area contributed by atoms with Gasteiger partial charge in [-0.1, -0.05) is 13.8 Å². The molecule has 1 aliphatic heterocycles. The minimum absolute atomic E-state index is 0.0241. The molecule has 4 heteroatoms. The first kappa shape index (κ1) is 13.2. The lowest BCUT2D eigenvalue weighted by Gasteiger charge is -2.52. The Morgan fingerprint density at radius 1 is 1.33 bits per heavy atom. The maximum atomic E-state index is 11.4. The Kier molecular flexibility index (Phi) is 3.02. The fourth-order valence-electron chi connectivity index (χ4n) is 4.79. The quantitative estimate of drug-likeness (QED) is 0.751. The first-order valence-electron chi connectivity index (χ1n) is 7.14. The van der Waals surface area contributed by atoms with Crippen molar-refractivity contribution in [1.29, 1.82) is 0 Å². The van der Waals surface area contributed by atoms with E-state index in [0.29, 0.717) is 5.92 Å². The molecule has 0 amide bonds. The van der Waals surface area contributed by atoms with Crippen LogP contribution in [0.4, 0.5) is 0 Å². The van der Waals surface area contributed by atoms with E-state index in [0.717, 1.165) is 44.9 Å². The van der Waals surface area contributed by atoms with E-state index < -0.39 is 5.72 Å². The lowest BCUT2D eigenvalue weighted by molar-refractivity contribution is -0.212. The molecule has 3 nitrogen and oxygen atoms in total. The molecule has 1 N–H and O–H groups in total. The van der Waals surface area contributed by atoms with Crippen molar-refractivity contribution in [3.05, 3.63) is 0 Å². The van der Waals surface area contributed by atoms with E-state index in [2.05, 4.69) is 31.4 Å². The molecule has 0 spiro atoms. The SMILES string of the molecule is CC1(CS)[C@@H]2CC[C@@]1(C)[C@@](O)(N1CCOCC1)C2. The summed E-state index contributed by atoms with van der Waals surface area (Å²) < 4.78 is 5.43. The molecule has 3 fully saturated rings. The number of morpholine rings is 1. The Morgan fingerprint density at radius 3 is 2.56 bits per heavy atom. The van der Waals surface area contributed by atoms with E-state index in [1.54, 1.807) is 0 Å². The van der Waals surface area contributed by atoms with E-state index >= 15 is 0 Å². The maximum Gasteiger partial charge on any atom is 0.124 e. The molecule has 1 saturated heterocycles. The summed E-state index contributed by atoms with van der Waals surface area (Å²) in [5, 5.41) is 11.4. The Labute approximate surface area is 115 Å². The third-order valence-electron chi connectivity index (χ3n) is 6.43. The predicted molar refractivity (Wildman–Crippen MR) is 74.7 cm³/mol. The van der Waals surface area contributed by atoms with Crippen molar-refractivity contribution in [2.45, 2.75) is 38.8 Å². The number of hydrogen-bond acceptors (Lipinski definition) is 4. The van der Waals surface area contributed by atoms with Gasteiger partial charge in [0, 0.05) is 18.5 Å². The third-order valence-corrected chi connectivity index (χ3v) is 7.09. The molecule has 0 aromatic carbocycles. The lowest BCUT2D eigenvalue weighted by Crippen LogP contribution is -2.62. The summed E-state index contributed by atoms with van der Waals surface area (Å²) in [6.07, 6.45) is 3.29. The average Bonchev–Trinajstić information content (AvgIpc) is 2.74. The first-order valence-corrected chi connectivity index (χ1v) is 7.77. The largest absolute Gasteiger partial charge is 0.379 e. The van der Waals surface area contributed by atoms with E-state index in [-0.39, 0.29) is 10.8 Å². The van der Waals surface area contributed by atoms with Gasteiger partial charge in [0.1, 0.15) is 5.72 Å². The zero-order valence-electron chi connectivity index (χ0n) is 11.5. The van der Waals surface area contributed by atoms with Gasteiger partial charge in [-0.3, -0.25) is 4.90 Å². The fraction of sp³-hybridized carbons (Fsp3) is 1.00. The summed E-state index contributed by atoms with van der Waals surface area (Å²) in [5.74, 6) is 1.49. The molecular formula is C14H25NO2S. The predicted octanol–water partition coefficient (Wildman–Crippen LogP) is 1.76. The van der Waals surface area contributed by atoms with Crippen LogP contribution >= 0.6 is 12.6 Å². The normalized spacial score (nSPS) is 53.0. The first-order chi connectivity index (χ1) is 8.48. The Balaban J connectivity index is 1.94. The highest BCUT2D eigenvalue weighted by molar-refractivity contribution is 7.80. The number of hydrogen-bond donors (Lipinski definition) is 2. The Hall–Kier alpha value is 0.230. The minimum atomic E-state index is -0.642. The summed E-state index contributed by atoms with van der Waals surface area (Å²) >= 11 is 4.60. The molecule has 4 atom stereocenters. The number of ether oxygens (including phenoxy) is 1. The van der Waals surface area contributed by atoms with Crippen molar-refractivity contribution in [2.75, 3.05) is 32.1 Å². The van der Waals surface area contributed by atoms with Crippen LogP contribution in [0.15, 0.2) is 0 Å². The second kappa shape index (κ2) is 4.11. The van der Waals surface area contributed by atoms with Crippen molar-refractivity contribution >= 4 is 12.6 Å². The zero-order chi connectivity index (χ0) is 13.0. The number of thiol groups is 1. The summed E-state index contributed by atoms with van der Waals surface area (Å²) in [7, 11) is 0. The molecule has 2 aliphatic carbocycles. The van der Waals surface area contributed by atoms with Gasteiger partial charge in [0.25, 0.3) is 0 Å². The van der Waals surface area contributed by atoms with Crippen molar-refractivity contribution in [3.63, 3.8) is 0 Å². The number of nitrogens with zero attached hydrogens (tertiary/aromatic N) is 1. The average molecular weight is 271 g/mol. The summed E-state index contributed by atoms with van der Waals surface area (Å²) in [6.45, 7) is 7.84. The van der Waals surface area contributed by atoms with Gasteiger partial charge in [-0.25, -0.2) is 0 Å². The maximum absolute atomic E-state index is 11.4. The van der Waals surface area contributed by atoms with E-state index in [4.69, 9.17) is 4.74 Å². The Morgan fingerprint density at radius 2 is 2.00 bits per heavy atom. The summed E-state index contributed by atoms with van der Waals surface area (Å²) in [4.78, 5) is 2.28. The molecular weight excluding hydrogens is 246 g/mol. The molecule has 1 unspecified atom stereocenters. The van der Waals surface area contributed by atoms with Gasteiger partial charge in [-0.05, 0) is 36.3 Å². The molecule has 0 radical (unpaired) electrons. The second-order valence-electron chi connectivity index (χ2n) is 6.76. The molecule has 0 aromatic heterocycles. The van der Waals surface area contributed by atoms with Crippen LogP contribution in [0, 0.1) is 16.7 Å². The van der Waals surface area contributed by atoms with Crippen LogP contribution in [0.3, 0.4) is 0 Å². The van der Waals surface area contributed by atoms with Gasteiger partial charge in [0.2, 0.25) is 0 Å². The number of aliphatic hydroxyl groups is 1. The lowest BCUT2D eigenvalue weighted by atomic mass is 9.67. The molecule has 1 heterocycles. The van der Waals surface area contributed by atoms with Gasteiger partial charge in [-0.15, -0.1) is 0 Å². The third kappa shape index (κ3) is 1.38. The van der Waals surface area contributed by atoms with E-state index in [1.165, 1.54) is 6.42 Å². The van der Waals surface area contributed by atoms with Crippen molar-refractivity contribution in [3.8, 4) is 0 Å². The second-order valence-corrected chi connectivity index (χ2v) is 7.08. The molecule has 104 valence electrons. The van der Waals surface area contributed by atoms with Gasteiger partial charge in [0.15, 0.2) is 0 Å². The van der Waals surface area contributed by atoms with Gasteiger partial charge < -0.3 is 9.84 Å². The smallest absolute Gasteiger partial charge is 0.124 e. The van der Waals surface area contributed by atoms with Crippen LogP contribution in [0.5, 0.6) is 0 Å². The van der Waals surface area contributed by atoms with Crippen LogP contribution < -0.4 is 0 Å².